The van der Waals surface area contributed by atoms with Gasteiger partial charge in [-0.1, -0.05) is 31.4 Å². The van der Waals surface area contributed by atoms with Crippen LogP contribution in [-0.2, 0) is 6.54 Å². The highest BCUT2D eigenvalue weighted by Gasteiger charge is 2.21. The second-order valence-electron chi connectivity index (χ2n) is 11.1. The minimum absolute atomic E-state index is 0.230. The van der Waals surface area contributed by atoms with Gasteiger partial charge in [0.1, 0.15) is 24.3 Å². The molecule has 4 aromatic rings. The van der Waals surface area contributed by atoms with Crippen LogP contribution < -0.4 is 4.74 Å². The van der Waals surface area contributed by atoms with Gasteiger partial charge in [-0.15, -0.1) is 11.3 Å². The number of hydrogen-bond donors (Lipinski definition) is 1. The minimum atomic E-state index is -0.538. The number of rotatable bonds is 10. The van der Waals surface area contributed by atoms with E-state index in [4.69, 9.17) is 9.72 Å². The lowest BCUT2D eigenvalue weighted by Gasteiger charge is -2.35. The molecule has 1 unspecified atom stereocenters. The van der Waals surface area contributed by atoms with Crippen LogP contribution in [-0.4, -0.2) is 81.7 Å². The van der Waals surface area contributed by atoms with Crippen LogP contribution in [0, 0.1) is 5.82 Å². The molecular formula is C31H38FN5O2S. The highest BCUT2D eigenvalue weighted by molar-refractivity contribution is 7.18. The first kappa shape index (κ1) is 27.3. The Morgan fingerprint density at radius 3 is 2.52 bits per heavy atom. The Morgan fingerprint density at radius 2 is 1.73 bits per heavy atom. The summed E-state index contributed by atoms with van der Waals surface area (Å²) in [6.45, 7) is 6.39. The number of hydrogen-bond acceptors (Lipinski definition) is 7. The average Bonchev–Trinajstić information content (AvgIpc) is 3.64. The number of halogens is 1. The van der Waals surface area contributed by atoms with Crippen LogP contribution in [0.25, 0.3) is 21.3 Å². The zero-order valence-electron chi connectivity index (χ0n) is 22.9. The first-order valence-electron chi connectivity index (χ1n) is 14.5. The Hall–Kier alpha value is -2.85. The van der Waals surface area contributed by atoms with Gasteiger partial charge in [-0.2, -0.15) is 5.10 Å². The van der Waals surface area contributed by atoms with Crippen LogP contribution in [0.5, 0.6) is 5.75 Å². The number of aliphatic hydroxyl groups excluding tert-OH is 1. The predicted molar refractivity (Wildman–Crippen MR) is 157 cm³/mol. The number of benzene rings is 2. The van der Waals surface area contributed by atoms with Crippen LogP contribution >= 0.6 is 11.3 Å². The molecule has 1 aliphatic heterocycles. The largest absolute Gasteiger partial charge is 0.491 e. The van der Waals surface area contributed by atoms with Crippen molar-refractivity contribution in [3.63, 3.8) is 0 Å². The summed E-state index contributed by atoms with van der Waals surface area (Å²) in [5.41, 5.74) is 2.98. The number of aliphatic hydroxyl groups is 1. The van der Waals surface area contributed by atoms with E-state index >= 15 is 0 Å². The summed E-state index contributed by atoms with van der Waals surface area (Å²) in [5, 5.41) is 16.4. The van der Waals surface area contributed by atoms with Gasteiger partial charge < -0.3 is 9.84 Å². The third-order valence-corrected chi connectivity index (χ3v) is 9.36. The molecule has 0 radical (unpaired) electrons. The van der Waals surface area contributed by atoms with E-state index in [1.54, 1.807) is 12.1 Å². The molecule has 212 valence electrons. The Kier molecular flexibility index (Phi) is 8.72. The molecule has 2 fully saturated rings. The summed E-state index contributed by atoms with van der Waals surface area (Å²) in [5.74, 6) is 1.16. The first-order chi connectivity index (χ1) is 19.6. The van der Waals surface area contributed by atoms with E-state index in [9.17, 15) is 9.50 Å². The van der Waals surface area contributed by atoms with E-state index in [1.807, 2.05) is 40.5 Å². The van der Waals surface area contributed by atoms with Gasteiger partial charge in [0.15, 0.2) is 0 Å². The molecule has 1 N–H and O–H groups in total. The van der Waals surface area contributed by atoms with Gasteiger partial charge in [0, 0.05) is 63.0 Å². The van der Waals surface area contributed by atoms with Gasteiger partial charge in [-0.3, -0.25) is 14.5 Å². The lowest BCUT2D eigenvalue weighted by molar-refractivity contribution is 0.0453. The molecule has 1 atom stereocenters. The lowest BCUT2D eigenvalue weighted by Crippen LogP contribution is -2.49. The van der Waals surface area contributed by atoms with Crippen LogP contribution in [0.1, 0.15) is 43.0 Å². The van der Waals surface area contributed by atoms with Crippen LogP contribution in [0.2, 0.25) is 0 Å². The third kappa shape index (κ3) is 6.89. The maximum absolute atomic E-state index is 13.2. The molecule has 0 spiro atoms. The Balaban J connectivity index is 0.914. The maximum atomic E-state index is 13.2. The molecule has 1 saturated carbocycles. The summed E-state index contributed by atoms with van der Waals surface area (Å²) in [6, 6.07) is 12.6. The molecular weight excluding hydrogens is 525 g/mol. The van der Waals surface area contributed by atoms with Crippen molar-refractivity contribution in [1.29, 1.82) is 0 Å². The molecule has 9 heteroatoms. The van der Waals surface area contributed by atoms with E-state index in [2.05, 4.69) is 21.0 Å². The second-order valence-corrected chi connectivity index (χ2v) is 12.2. The Bertz CT molecular complexity index is 1380. The first-order valence-corrected chi connectivity index (χ1v) is 15.4. The molecule has 2 aliphatic rings. The quantitative estimate of drug-likeness (QED) is 0.279. The molecule has 40 heavy (non-hydrogen) atoms. The second kappa shape index (κ2) is 12.8. The Labute approximate surface area is 239 Å². The number of ether oxygens (including phenoxy) is 1. The van der Waals surface area contributed by atoms with Gasteiger partial charge in [0.25, 0.3) is 0 Å². The molecule has 2 aromatic carbocycles. The van der Waals surface area contributed by atoms with Crippen molar-refractivity contribution in [2.45, 2.75) is 50.7 Å². The Morgan fingerprint density at radius 1 is 0.950 bits per heavy atom. The highest BCUT2D eigenvalue weighted by atomic mass is 32.1. The summed E-state index contributed by atoms with van der Waals surface area (Å²) in [7, 11) is 0. The summed E-state index contributed by atoms with van der Waals surface area (Å²) < 4.78 is 22.3. The zero-order valence-corrected chi connectivity index (χ0v) is 23.7. The normalized spacial score (nSPS) is 18.4. The lowest BCUT2D eigenvalue weighted by atomic mass is 9.90. The molecule has 2 aromatic heterocycles. The van der Waals surface area contributed by atoms with Gasteiger partial charge in [0.2, 0.25) is 0 Å². The fourth-order valence-electron chi connectivity index (χ4n) is 5.80. The molecule has 1 saturated heterocycles. The van der Waals surface area contributed by atoms with Gasteiger partial charge >= 0.3 is 0 Å². The van der Waals surface area contributed by atoms with Crippen LogP contribution in [0.4, 0.5) is 4.39 Å². The van der Waals surface area contributed by atoms with Crippen molar-refractivity contribution in [1.82, 2.24) is 24.6 Å². The fourth-order valence-corrected chi connectivity index (χ4v) is 6.92. The van der Waals surface area contributed by atoms with Gasteiger partial charge in [0.05, 0.1) is 28.0 Å². The number of β-amino-alcohol motifs (C(OH)–C–C–N with tert-alkyl or cyclic N) is 1. The van der Waals surface area contributed by atoms with Crippen molar-refractivity contribution in [3.05, 3.63) is 65.7 Å². The molecule has 6 rings (SSSR count). The average molecular weight is 564 g/mol. The SMILES string of the molecule is OC(COc1ccc2sc(C3CCCCC3)nc2c1)CN1CCN(CCn2cc(-c3ccc(F)cc3)cn2)CC1. The van der Waals surface area contributed by atoms with Crippen molar-refractivity contribution >= 4 is 21.6 Å². The molecule has 3 heterocycles. The van der Waals surface area contributed by atoms with Crippen LogP contribution in [0.15, 0.2) is 54.9 Å². The van der Waals surface area contributed by atoms with Crippen molar-refractivity contribution in [2.24, 2.45) is 0 Å². The molecule has 7 nitrogen and oxygen atoms in total. The van der Waals surface area contributed by atoms with E-state index < -0.39 is 6.10 Å². The van der Waals surface area contributed by atoms with E-state index in [-0.39, 0.29) is 12.4 Å². The topological polar surface area (TPSA) is 66.7 Å². The van der Waals surface area contributed by atoms with Crippen molar-refractivity contribution in [3.8, 4) is 16.9 Å². The summed E-state index contributed by atoms with van der Waals surface area (Å²) in [6.07, 6.45) is 9.80. The molecule has 1 aliphatic carbocycles. The maximum Gasteiger partial charge on any atom is 0.123 e. The summed E-state index contributed by atoms with van der Waals surface area (Å²) in [4.78, 5) is 9.67. The molecule has 0 bridgehead atoms. The van der Waals surface area contributed by atoms with Gasteiger partial charge in [-0.05, 0) is 42.7 Å². The molecule has 0 amide bonds. The highest BCUT2D eigenvalue weighted by Crippen LogP contribution is 2.37. The van der Waals surface area contributed by atoms with Crippen LogP contribution in [0.3, 0.4) is 0 Å². The standard InChI is InChI=1S/C31H38FN5O2S/c32-26-8-6-23(7-9-26)25-19-33-37(20-25)17-16-35-12-14-36(15-13-35)21-27(38)22-39-28-10-11-30-29(18-28)34-31(40-30)24-4-2-1-3-5-24/h6-11,18-20,24,27,38H,1-5,12-17,21-22H2. The summed E-state index contributed by atoms with van der Waals surface area (Å²) >= 11 is 1.82. The number of thiazole rings is 1. The van der Waals surface area contributed by atoms with Gasteiger partial charge in [-0.25, -0.2) is 9.37 Å². The smallest absolute Gasteiger partial charge is 0.123 e. The number of nitrogens with zero attached hydrogens (tertiary/aromatic N) is 5. The number of aromatic nitrogens is 3. The van der Waals surface area contributed by atoms with E-state index in [0.717, 1.165) is 61.7 Å². The predicted octanol–water partition coefficient (Wildman–Crippen LogP) is 5.40. The number of piperazine rings is 1. The minimum Gasteiger partial charge on any atom is -0.491 e. The van der Waals surface area contributed by atoms with Crippen molar-refractivity contribution < 1.29 is 14.2 Å². The monoisotopic (exact) mass is 563 g/mol. The van der Waals surface area contributed by atoms with Crippen molar-refractivity contribution in [2.75, 3.05) is 45.9 Å². The number of fused-ring (bicyclic) bond motifs is 1. The van der Waals surface area contributed by atoms with E-state index in [0.29, 0.717) is 12.5 Å². The van der Waals surface area contributed by atoms with E-state index in [1.165, 1.54) is 53.9 Å². The third-order valence-electron chi connectivity index (χ3n) is 8.16. The fraction of sp³-hybridized carbons (Fsp3) is 0.484. The zero-order chi connectivity index (χ0) is 27.3.